The number of nitrogens with one attached hydrogen (secondary N) is 2. The van der Waals surface area contributed by atoms with Gasteiger partial charge in [0.05, 0.1) is 0 Å². The number of hydrogen-bond donors (Lipinski definition) is 2. The summed E-state index contributed by atoms with van der Waals surface area (Å²) in [5.74, 6) is 0.113. The predicted molar refractivity (Wildman–Crippen MR) is 93.0 cm³/mol. The molecule has 24 heavy (non-hydrogen) atoms. The third-order valence-electron chi connectivity index (χ3n) is 6.22. The van der Waals surface area contributed by atoms with Crippen LogP contribution < -0.4 is 10.9 Å². The highest BCUT2D eigenvalue weighted by Gasteiger charge is 2.59. The molecule has 2 fully saturated rings. The van der Waals surface area contributed by atoms with E-state index in [2.05, 4.69) is 43.7 Å². The summed E-state index contributed by atoms with van der Waals surface area (Å²) >= 11 is 0. The van der Waals surface area contributed by atoms with Crippen molar-refractivity contribution in [3.63, 3.8) is 0 Å². The van der Waals surface area contributed by atoms with E-state index in [1.807, 2.05) is 0 Å². The summed E-state index contributed by atoms with van der Waals surface area (Å²) in [4.78, 5) is 28.2. The number of hydrogen-bond acceptors (Lipinski definition) is 4. The first-order valence-corrected chi connectivity index (χ1v) is 9.07. The Morgan fingerprint density at radius 1 is 1.25 bits per heavy atom. The Bertz CT molecular complexity index is 516. The van der Waals surface area contributed by atoms with Crippen LogP contribution >= 0.6 is 0 Å². The quantitative estimate of drug-likeness (QED) is 0.528. The highest BCUT2D eigenvalue weighted by atomic mass is 16.7. The zero-order valence-electron chi connectivity index (χ0n) is 15.4. The van der Waals surface area contributed by atoms with Gasteiger partial charge in [0.2, 0.25) is 5.91 Å². The zero-order chi connectivity index (χ0) is 17.8. The molecule has 0 aromatic rings. The van der Waals surface area contributed by atoms with Gasteiger partial charge in [0.1, 0.15) is 0 Å². The molecule has 0 radical (unpaired) electrons. The molecule has 2 unspecified atom stereocenters. The molecule has 0 aromatic heterocycles. The van der Waals surface area contributed by atoms with E-state index < -0.39 is 0 Å². The van der Waals surface area contributed by atoms with Gasteiger partial charge in [0.25, 0.3) is 5.91 Å². The summed E-state index contributed by atoms with van der Waals surface area (Å²) in [6.45, 7) is 8.70. The minimum atomic E-state index is -0.347. The van der Waals surface area contributed by atoms with Crippen molar-refractivity contribution in [1.82, 2.24) is 10.9 Å². The number of rotatable bonds is 8. The van der Waals surface area contributed by atoms with E-state index in [0.717, 1.165) is 37.8 Å². The predicted octanol–water partition coefficient (Wildman–Crippen LogP) is 2.93. The Morgan fingerprint density at radius 2 is 2.00 bits per heavy atom. The lowest BCUT2D eigenvalue weighted by molar-refractivity contribution is -0.139. The largest absolute Gasteiger partial charge is 0.273 e. The van der Waals surface area contributed by atoms with Crippen LogP contribution in [0.5, 0.6) is 0 Å². The second kappa shape index (κ2) is 7.64. The van der Waals surface area contributed by atoms with Gasteiger partial charge in [-0.1, -0.05) is 40.5 Å². The minimum absolute atomic E-state index is 0.0687. The van der Waals surface area contributed by atoms with Crippen LogP contribution in [0.3, 0.4) is 0 Å². The molecule has 0 heterocycles. The standard InChI is InChI=1S/C18H31N3O3/c1-5-6-7-8-15(22)21-24-12-16(23)20-19-14-11-13-9-10-18(14,4)17(13,2)3/h13H,5-12H2,1-4H3,(H,20,23)(H,21,22)/b19-14+. The summed E-state index contributed by atoms with van der Waals surface area (Å²) in [5, 5.41) is 4.36. The van der Waals surface area contributed by atoms with Crippen molar-refractivity contribution >= 4 is 17.5 Å². The van der Waals surface area contributed by atoms with Crippen LogP contribution in [0.1, 0.15) is 72.6 Å². The molecule has 2 amide bonds. The van der Waals surface area contributed by atoms with Crippen LogP contribution in [0.25, 0.3) is 0 Å². The highest BCUT2D eigenvalue weighted by Crippen LogP contribution is 2.63. The first kappa shape index (κ1) is 18.9. The maximum Gasteiger partial charge on any atom is 0.268 e. The van der Waals surface area contributed by atoms with Crippen LogP contribution in [0.4, 0.5) is 0 Å². The lowest BCUT2D eigenvalue weighted by Gasteiger charge is -2.34. The summed E-state index contributed by atoms with van der Waals surface area (Å²) in [5.41, 5.74) is 6.26. The number of carbonyl (C=O) groups excluding carboxylic acids is 2. The Balaban J connectivity index is 1.71. The fourth-order valence-corrected chi connectivity index (χ4v) is 4.03. The second-order valence-corrected chi connectivity index (χ2v) is 7.86. The molecule has 0 aliphatic heterocycles. The fraction of sp³-hybridized carbons (Fsp3) is 0.833. The lowest BCUT2D eigenvalue weighted by Crippen LogP contribution is -2.35. The second-order valence-electron chi connectivity index (χ2n) is 7.86. The lowest BCUT2D eigenvalue weighted by atomic mass is 9.70. The van der Waals surface area contributed by atoms with Crippen LogP contribution in [-0.4, -0.2) is 24.1 Å². The minimum Gasteiger partial charge on any atom is -0.273 e. The average molecular weight is 337 g/mol. The van der Waals surface area contributed by atoms with E-state index in [1.54, 1.807) is 0 Å². The van der Waals surface area contributed by atoms with E-state index >= 15 is 0 Å². The topological polar surface area (TPSA) is 79.8 Å². The molecule has 6 nitrogen and oxygen atoms in total. The monoisotopic (exact) mass is 337 g/mol. The molecule has 0 spiro atoms. The fourth-order valence-electron chi connectivity index (χ4n) is 4.03. The number of hydroxylamine groups is 1. The van der Waals surface area contributed by atoms with Crippen molar-refractivity contribution in [2.45, 2.75) is 72.6 Å². The smallest absolute Gasteiger partial charge is 0.268 e. The number of hydrazone groups is 1. The number of nitrogens with zero attached hydrogens (tertiary/aromatic N) is 1. The van der Waals surface area contributed by atoms with Crippen molar-refractivity contribution < 1.29 is 14.4 Å². The summed E-state index contributed by atoms with van der Waals surface area (Å²) < 4.78 is 0. The molecular weight excluding hydrogens is 306 g/mol. The summed E-state index contributed by atoms with van der Waals surface area (Å²) in [6, 6.07) is 0. The number of amides is 2. The Kier molecular flexibility index (Phi) is 6.01. The van der Waals surface area contributed by atoms with E-state index in [9.17, 15) is 9.59 Å². The van der Waals surface area contributed by atoms with Gasteiger partial charge >= 0.3 is 0 Å². The first-order valence-electron chi connectivity index (χ1n) is 9.07. The Hall–Kier alpha value is -1.43. The number of fused-ring (bicyclic) bond motifs is 2. The average Bonchev–Trinajstić information content (AvgIpc) is 2.86. The molecule has 2 atom stereocenters. The highest BCUT2D eigenvalue weighted by molar-refractivity contribution is 5.95. The van der Waals surface area contributed by atoms with Gasteiger partial charge in [-0.25, -0.2) is 10.9 Å². The SMILES string of the molecule is CCCCCC(=O)NOCC(=O)N/N=C1\CC2CCC1(C)C2(C)C. The van der Waals surface area contributed by atoms with Gasteiger partial charge in [0.15, 0.2) is 6.61 Å². The van der Waals surface area contributed by atoms with Gasteiger partial charge in [-0.15, -0.1) is 0 Å². The van der Waals surface area contributed by atoms with Gasteiger partial charge in [0, 0.05) is 17.5 Å². The van der Waals surface area contributed by atoms with Crippen LogP contribution in [0.2, 0.25) is 0 Å². The van der Waals surface area contributed by atoms with Crippen molar-refractivity contribution in [2.24, 2.45) is 21.8 Å². The summed E-state index contributed by atoms with van der Waals surface area (Å²) in [6.07, 6.45) is 6.66. The maximum atomic E-state index is 11.8. The number of carbonyl (C=O) groups is 2. The van der Waals surface area contributed by atoms with Crippen LogP contribution in [-0.2, 0) is 14.4 Å². The van der Waals surface area contributed by atoms with Crippen LogP contribution in [0.15, 0.2) is 5.10 Å². The molecule has 2 saturated carbocycles. The molecule has 0 aromatic carbocycles. The normalized spacial score (nSPS) is 29.0. The van der Waals surface area contributed by atoms with Gasteiger partial charge in [-0.2, -0.15) is 5.10 Å². The van der Waals surface area contributed by atoms with Gasteiger partial charge < -0.3 is 0 Å². The Labute approximate surface area is 144 Å². The van der Waals surface area contributed by atoms with Crippen molar-refractivity contribution in [1.29, 1.82) is 0 Å². The molecule has 2 bridgehead atoms. The van der Waals surface area contributed by atoms with E-state index in [4.69, 9.17) is 4.84 Å². The van der Waals surface area contributed by atoms with E-state index in [0.29, 0.717) is 12.3 Å². The number of unbranched alkanes of at least 4 members (excludes halogenated alkanes) is 2. The molecule has 136 valence electrons. The van der Waals surface area contributed by atoms with Crippen molar-refractivity contribution in [3.05, 3.63) is 0 Å². The molecule has 6 heteroatoms. The maximum absolute atomic E-state index is 11.8. The molecule has 2 rings (SSSR count). The molecule has 2 aliphatic carbocycles. The molecule has 2 N–H and O–H groups in total. The third-order valence-corrected chi connectivity index (χ3v) is 6.22. The van der Waals surface area contributed by atoms with Crippen molar-refractivity contribution in [3.8, 4) is 0 Å². The molecular formula is C18H31N3O3. The van der Waals surface area contributed by atoms with E-state index in [-0.39, 0.29) is 29.3 Å². The van der Waals surface area contributed by atoms with Crippen molar-refractivity contribution in [2.75, 3.05) is 6.61 Å². The van der Waals surface area contributed by atoms with Gasteiger partial charge in [-0.05, 0) is 37.0 Å². The van der Waals surface area contributed by atoms with E-state index in [1.165, 1.54) is 6.42 Å². The Morgan fingerprint density at radius 3 is 2.58 bits per heavy atom. The first-order chi connectivity index (χ1) is 11.3. The third kappa shape index (κ3) is 3.79. The zero-order valence-corrected chi connectivity index (χ0v) is 15.4. The van der Waals surface area contributed by atoms with Gasteiger partial charge in [-0.3, -0.25) is 14.4 Å². The summed E-state index contributed by atoms with van der Waals surface area (Å²) in [7, 11) is 0. The molecule has 2 aliphatic rings. The van der Waals surface area contributed by atoms with Crippen LogP contribution in [0, 0.1) is 16.7 Å². The molecule has 0 saturated heterocycles.